The van der Waals surface area contributed by atoms with E-state index in [9.17, 15) is 13.2 Å². The standard InChI is InChI=1S/C21H17ClN2O3S/c1-15(25)16-9-13-19(14-10-16)23-21(17-7-11-18(22)12-8-17)24-28(26,27)20-5-3-2-4-6-20/h2-14H,1H3,(H,23,24). The van der Waals surface area contributed by atoms with Crippen LogP contribution in [0.3, 0.4) is 0 Å². The Morgan fingerprint density at radius 2 is 1.43 bits per heavy atom. The lowest BCUT2D eigenvalue weighted by atomic mass is 10.1. The SMILES string of the molecule is CC(=O)c1ccc(N/C(=N\S(=O)(=O)c2ccccc2)c2ccc(Cl)cc2)cc1. The van der Waals surface area contributed by atoms with Gasteiger partial charge in [0.1, 0.15) is 0 Å². The molecular formula is C21H17ClN2O3S. The Labute approximate surface area is 168 Å². The van der Waals surface area contributed by atoms with Gasteiger partial charge in [0.15, 0.2) is 11.6 Å². The van der Waals surface area contributed by atoms with E-state index in [1.165, 1.54) is 19.1 Å². The molecular weight excluding hydrogens is 396 g/mol. The molecule has 0 radical (unpaired) electrons. The lowest BCUT2D eigenvalue weighted by Crippen LogP contribution is -2.16. The van der Waals surface area contributed by atoms with Gasteiger partial charge in [-0.05, 0) is 67.6 Å². The van der Waals surface area contributed by atoms with Gasteiger partial charge >= 0.3 is 0 Å². The number of halogens is 1. The van der Waals surface area contributed by atoms with Crippen LogP contribution in [0.15, 0.2) is 88.2 Å². The van der Waals surface area contributed by atoms with E-state index in [0.717, 1.165) is 0 Å². The van der Waals surface area contributed by atoms with Gasteiger partial charge < -0.3 is 5.32 Å². The fraction of sp³-hybridized carbons (Fsp3) is 0.0476. The molecule has 0 aliphatic carbocycles. The molecule has 0 bridgehead atoms. The molecule has 0 unspecified atom stereocenters. The van der Waals surface area contributed by atoms with Gasteiger partial charge in [-0.3, -0.25) is 4.79 Å². The number of carbonyl (C=O) groups is 1. The number of hydrogen-bond acceptors (Lipinski definition) is 3. The second-order valence-corrected chi connectivity index (χ2v) is 8.03. The molecule has 7 heteroatoms. The van der Waals surface area contributed by atoms with Crippen LogP contribution in [0.2, 0.25) is 5.02 Å². The minimum Gasteiger partial charge on any atom is -0.339 e. The molecule has 0 saturated carbocycles. The van der Waals surface area contributed by atoms with Crippen molar-refractivity contribution in [3.63, 3.8) is 0 Å². The number of hydrogen-bond donors (Lipinski definition) is 1. The smallest absolute Gasteiger partial charge is 0.284 e. The molecule has 142 valence electrons. The number of rotatable bonds is 5. The van der Waals surface area contributed by atoms with E-state index in [-0.39, 0.29) is 16.5 Å². The molecule has 0 aliphatic heterocycles. The molecule has 5 nitrogen and oxygen atoms in total. The maximum atomic E-state index is 12.7. The summed E-state index contributed by atoms with van der Waals surface area (Å²) in [6, 6.07) is 21.4. The maximum absolute atomic E-state index is 12.7. The summed E-state index contributed by atoms with van der Waals surface area (Å²) in [4.78, 5) is 11.5. The average Bonchev–Trinajstić information content (AvgIpc) is 2.69. The first-order valence-electron chi connectivity index (χ1n) is 8.39. The molecule has 3 aromatic carbocycles. The zero-order valence-corrected chi connectivity index (χ0v) is 16.5. The van der Waals surface area contributed by atoms with Crippen LogP contribution in [0, 0.1) is 0 Å². The fourth-order valence-electron chi connectivity index (χ4n) is 2.45. The molecule has 1 N–H and O–H groups in total. The highest BCUT2D eigenvalue weighted by molar-refractivity contribution is 7.90. The van der Waals surface area contributed by atoms with Crippen LogP contribution in [0.25, 0.3) is 0 Å². The number of nitrogens with one attached hydrogen (secondary N) is 1. The van der Waals surface area contributed by atoms with Crippen LogP contribution in [-0.4, -0.2) is 20.0 Å². The van der Waals surface area contributed by atoms with Crippen molar-refractivity contribution >= 4 is 38.9 Å². The Kier molecular flexibility index (Phi) is 5.92. The topological polar surface area (TPSA) is 75.6 Å². The zero-order valence-electron chi connectivity index (χ0n) is 15.0. The van der Waals surface area contributed by atoms with Gasteiger partial charge in [-0.2, -0.15) is 8.42 Å². The number of nitrogens with zero attached hydrogens (tertiary/aromatic N) is 1. The summed E-state index contributed by atoms with van der Waals surface area (Å²) in [5.41, 5.74) is 1.72. The van der Waals surface area contributed by atoms with Crippen LogP contribution >= 0.6 is 11.6 Å². The molecule has 0 saturated heterocycles. The molecule has 0 aromatic heterocycles. The first-order chi connectivity index (χ1) is 13.3. The quantitative estimate of drug-likeness (QED) is 0.371. The van der Waals surface area contributed by atoms with Crippen LogP contribution in [0.4, 0.5) is 5.69 Å². The van der Waals surface area contributed by atoms with E-state index < -0.39 is 10.0 Å². The van der Waals surface area contributed by atoms with Gasteiger partial charge in [0, 0.05) is 21.8 Å². The lowest BCUT2D eigenvalue weighted by molar-refractivity contribution is 0.101. The van der Waals surface area contributed by atoms with Crippen molar-refractivity contribution in [1.29, 1.82) is 0 Å². The van der Waals surface area contributed by atoms with Crippen LogP contribution < -0.4 is 5.32 Å². The van der Waals surface area contributed by atoms with Crippen LogP contribution in [0.5, 0.6) is 0 Å². The maximum Gasteiger partial charge on any atom is 0.284 e. The first kappa shape index (κ1) is 19.8. The van der Waals surface area contributed by atoms with Crippen molar-refractivity contribution in [3.05, 3.63) is 95.0 Å². The third-order valence-corrected chi connectivity index (χ3v) is 5.47. The number of benzene rings is 3. The number of amidine groups is 1. The Morgan fingerprint density at radius 1 is 0.857 bits per heavy atom. The number of anilines is 1. The van der Waals surface area contributed by atoms with E-state index in [1.54, 1.807) is 66.7 Å². The van der Waals surface area contributed by atoms with E-state index in [0.29, 0.717) is 21.8 Å². The Bertz CT molecular complexity index is 1110. The highest BCUT2D eigenvalue weighted by Gasteiger charge is 2.15. The molecule has 0 spiro atoms. The fourth-order valence-corrected chi connectivity index (χ4v) is 3.57. The van der Waals surface area contributed by atoms with E-state index in [4.69, 9.17) is 11.6 Å². The molecule has 0 atom stereocenters. The summed E-state index contributed by atoms with van der Waals surface area (Å²) in [5.74, 6) is 0.0980. The summed E-state index contributed by atoms with van der Waals surface area (Å²) in [6.45, 7) is 1.48. The second kappa shape index (κ2) is 8.37. The molecule has 0 fully saturated rings. The summed E-state index contributed by atoms with van der Waals surface area (Å²) in [6.07, 6.45) is 0. The monoisotopic (exact) mass is 412 g/mol. The number of Topliss-reactive ketones (excluding diaryl/α,β-unsaturated/α-hetero) is 1. The van der Waals surface area contributed by atoms with Crippen molar-refractivity contribution in [2.75, 3.05) is 5.32 Å². The summed E-state index contributed by atoms with van der Waals surface area (Å²) < 4.78 is 29.4. The third-order valence-electron chi connectivity index (χ3n) is 3.92. The van der Waals surface area contributed by atoms with Gasteiger partial charge in [-0.15, -0.1) is 4.40 Å². The highest BCUT2D eigenvalue weighted by atomic mass is 35.5. The Morgan fingerprint density at radius 3 is 2.00 bits per heavy atom. The predicted molar refractivity (Wildman–Crippen MR) is 112 cm³/mol. The predicted octanol–water partition coefficient (Wildman–Crippen LogP) is 4.79. The molecule has 3 rings (SSSR count). The van der Waals surface area contributed by atoms with Crippen LogP contribution in [-0.2, 0) is 10.0 Å². The summed E-state index contributed by atoms with van der Waals surface area (Å²) >= 11 is 5.94. The highest BCUT2D eigenvalue weighted by Crippen LogP contribution is 2.18. The number of carbonyl (C=O) groups excluding carboxylic acids is 1. The molecule has 0 amide bonds. The Hall–Kier alpha value is -2.96. The van der Waals surface area contributed by atoms with Crippen molar-refractivity contribution < 1.29 is 13.2 Å². The first-order valence-corrected chi connectivity index (χ1v) is 10.2. The van der Waals surface area contributed by atoms with Gasteiger partial charge in [0.25, 0.3) is 10.0 Å². The van der Waals surface area contributed by atoms with Crippen LogP contribution in [0.1, 0.15) is 22.8 Å². The normalized spacial score (nSPS) is 11.9. The molecule has 0 heterocycles. The number of ketones is 1. The van der Waals surface area contributed by atoms with Crippen molar-refractivity contribution in [2.24, 2.45) is 4.40 Å². The lowest BCUT2D eigenvalue weighted by Gasteiger charge is -2.11. The summed E-state index contributed by atoms with van der Waals surface area (Å²) in [5, 5.41) is 3.55. The third kappa shape index (κ3) is 4.85. The molecule has 3 aromatic rings. The van der Waals surface area contributed by atoms with Gasteiger partial charge in [0.2, 0.25) is 0 Å². The Balaban J connectivity index is 2.02. The average molecular weight is 413 g/mol. The largest absolute Gasteiger partial charge is 0.339 e. The van der Waals surface area contributed by atoms with Crippen molar-refractivity contribution in [3.8, 4) is 0 Å². The van der Waals surface area contributed by atoms with Crippen molar-refractivity contribution in [1.82, 2.24) is 0 Å². The van der Waals surface area contributed by atoms with Gasteiger partial charge in [0.05, 0.1) is 4.90 Å². The minimum atomic E-state index is -3.92. The summed E-state index contributed by atoms with van der Waals surface area (Å²) in [7, 11) is -3.92. The second-order valence-electron chi connectivity index (χ2n) is 5.99. The minimum absolute atomic E-state index is 0.0511. The van der Waals surface area contributed by atoms with Gasteiger partial charge in [-0.25, -0.2) is 0 Å². The molecule has 0 aliphatic rings. The zero-order chi connectivity index (χ0) is 20.1. The molecule has 28 heavy (non-hydrogen) atoms. The van der Waals surface area contributed by atoms with Gasteiger partial charge in [-0.1, -0.05) is 29.8 Å². The van der Waals surface area contributed by atoms with E-state index in [2.05, 4.69) is 9.71 Å². The van der Waals surface area contributed by atoms with E-state index >= 15 is 0 Å². The number of sulfonamides is 1. The van der Waals surface area contributed by atoms with E-state index in [1.807, 2.05) is 0 Å². The van der Waals surface area contributed by atoms with Crippen molar-refractivity contribution in [2.45, 2.75) is 11.8 Å².